The van der Waals surface area contributed by atoms with Crippen molar-refractivity contribution in [3.63, 3.8) is 0 Å². The molecule has 2 N–H and O–H groups in total. The predicted octanol–water partition coefficient (Wildman–Crippen LogP) is 4.71. The van der Waals surface area contributed by atoms with Gasteiger partial charge in [0.1, 0.15) is 0 Å². The van der Waals surface area contributed by atoms with Crippen molar-refractivity contribution in [2.75, 3.05) is 5.32 Å². The number of anilines is 1. The van der Waals surface area contributed by atoms with Crippen LogP contribution in [-0.4, -0.2) is 20.1 Å². The molecule has 3 aromatic carbocycles. The van der Waals surface area contributed by atoms with Crippen molar-refractivity contribution in [2.24, 2.45) is 0 Å². The Labute approximate surface area is 196 Å². The van der Waals surface area contributed by atoms with Crippen molar-refractivity contribution >= 4 is 38.7 Å². The average Bonchev–Trinajstić information content (AvgIpc) is 3.37. The van der Waals surface area contributed by atoms with Gasteiger partial charge >= 0.3 is 0 Å². The SMILES string of the molecule is O=C(Nc1cccc(C(=O)c2ccccc2)c1)c1cccc(S(=O)(=O)NCc2cccs2)c1. The van der Waals surface area contributed by atoms with E-state index in [1.54, 1.807) is 48.5 Å². The maximum Gasteiger partial charge on any atom is 0.255 e. The van der Waals surface area contributed by atoms with Crippen molar-refractivity contribution in [3.8, 4) is 0 Å². The lowest BCUT2D eigenvalue weighted by atomic mass is 10.0. The average molecular weight is 477 g/mol. The van der Waals surface area contributed by atoms with Gasteiger partial charge in [0, 0.05) is 33.8 Å². The van der Waals surface area contributed by atoms with Gasteiger partial charge in [-0.3, -0.25) is 9.59 Å². The first-order chi connectivity index (χ1) is 15.9. The molecule has 0 unspecified atom stereocenters. The van der Waals surface area contributed by atoms with Crippen molar-refractivity contribution in [1.29, 1.82) is 0 Å². The van der Waals surface area contributed by atoms with Crippen LogP contribution >= 0.6 is 11.3 Å². The third-order valence-corrected chi connectivity index (χ3v) is 7.12. The van der Waals surface area contributed by atoms with Crippen molar-refractivity contribution in [3.05, 3.63) is 118 Å². The summed E-state index contributed by atoms with van der Waals surface area (Å²) in [4.78, 5) is 26.3. The number of thiophene rings is 1. The molecule has 4 rings (SSSR count). The molecule has 4 aromatic rings. The van der Waals surface area contributed by atoms with Gasteiger partial charge in [-0.15, -0.1) is 11.3 Å². The van der Waals surface area contributed by atoms with Crippen molar-refractivity contribution in [2.45, 2.75) is 11.4 Å². The van der Waals surface area contributed by atoms with Crippen LogP contribution in [0.1, 0.15) is 31.2 Å². The lowest BCUT2D eigenvalue weighted by molar-refractivity contribution is 0.102. The highest BCUT2D eigenvalue weighted by molar-refractivity contribution is 7.89. The molecule has 6 nitrogen and oxygen atoms in total. The summed E-state index contributed by atoms with van der Waals surface area (Å²) < 4.78 is 27.8. The van der Waals surface area contributed by atoms with E-state index < -0.39 is 15.9 Å². The number of ketones is 1. The van der Waals surface area contributed by atoms with Crippen LogP contribution in [0.3, 0.4) is 0 Å². The second-order valence-electron chi connectivity index (χ2n) is 7.16. The minimum absolute atomic E-state index is 0.000266. The molecule has 1 amide bonds. The van der Waals surface area contributed by atoms with Gasteiger partial charge in [-0.25, -0.2) is 13.1 Å². The Balaban J connectivity index is 1.48. The number of benzene rings is 3. The standard InChI is InChI=1S/C25H20N2O4S2/c28-24(18-7-2-1-3-8-18)19-9-4-11-21(15-19)27-25(29)20-10-5-13-23(16-20)33(30,31)26-17-22-12-6-14-32-22/h1-16,26H,17H2,(H,27,29). The normalized spacial score (nSPS) is 11.2. The Morgan fingerprint density at radius 3 is 2.24 bits per heavy atom. The molecule has 0 aliphatic heterocycles. The summed E-state index contributed by atoms with van der Waals surface area (Å²) in [7, 11) is -3.78. The minimum Gasteiger partial charge on any atom is -0.322 e. The van der Waals surface area contributed by atoms with Crippen LogP contribution in [0.25, 0.3) is 0 Å². The van der Waals surface area contributed by atoms with Crippen LogP contribution in [0.15, 0.2) is 101 Å². The lowest BCUT2D eigenvalue weighted by Gasteiger charge is -2.10. The molecule has 1 aromatic heterocycles. The predicted molar refractivity (Wildman–Crippen MR) is 129 cm³/mol. The second kappa shape index (κ2) is 9.91. The summed E-state index contributed by atoms with van der Waals surface area (Å²) >= 11 is 1.45. The number of carbonyl (C=O) groups excluding carboxylic acids is 2. The van der Waals surface area contributed by atoms with Crippen LogP contribution in [0.5, 0.6) is 0 Å². The van der Waals surface area contributed by atoms with E-state index in [4.69, 9.17) is 0 Å². The third-order valence-electron chi connectivity index (χ3n) is 4.84. The van der Waals surface area contributed by atoms with Crippen LogP contribution in [0.2, 0.25) is 0 Å². The molecule has 0 atom stereocenters. The molecule has 0 bridgehead atoms. The zero-order chi connectivity index (χ0) is 23.3. The Bertz CT molecular complexity index is 1380. The first-order valence-electron chi connectivity index (χ1n) is 10.1. The largest absolute Gasteiger partial charge is 0.322 e. The maximum atomic E-state index is 12.8. The topological polar surface area (TPSA) is 92.3 Å². The molecule has 8 heteroatoms. The molecule has 0 saturated carbocycles. The van der Waals surface area contributed by atoms with Gasteiger partial charge in [-0.05, 0) is 41.8 Å². The second-order valence-corrected chi connectivity index (χ2v) is 9.96. The lowest BCUT2D eigenvalue weighted by Crippen LogP contribution is -2.23. The fraction of sp³-hybridized carbons (Fsp3) is 0.0400. The van der Waals surface area contributed by atoms with E-state index in [0.29, 0.717) is 16.8 Å². The fourth-order valence-electron chi connectivity index (χ4n) is 3.16. The van der Waals surface area contributed by atoms with E-state index in [1.165, 1.54) is 35.6 Å². The molecule has 0 radical (unpaired) electrons. The zero-order valence-corrected chi connectivity index (χ0v) is 19.0. The van der Waals surface area contributed by atoms with Gasteiger partial charge in [-0.2, -0.15) is 0 Å². The van der Waals surface area contributed by atoms with Crippen LogP contribution in [0.4, 0.5) is 5.69 Å². The molecular weight excluding hydrogens is 456 g/mol. The third kappa shape index (κ3) is 5.61. The van der Waals surface area contributed by atoms with E-state index in [-0.39, 0.29) is 22.8 Å². The fourth-order valence-corrected chi connectivity index (χ4v) is 4.95. The van der Waals surface area contributed by atoms with Gasteiger partial charge in [0.15, 0.2) is 5.78 Å². The zero-order valence-electron chi connectivity index (χ0n) is 17.4. The smallest absolute Gasteiger partial charge is 0.255 e. The summed E-state index contributed by atoms with van der Waals surface area (Å²) in [5.41, 5.74) is 1.61. The summed E-state index contributed by atoms with van der Waals surface area (Å²) in [6, 6.07) is 25.0. The van der Waals surface area contributed by atoms with E-state index in [0.717, 1.165) is 4.88 Å². The van der Waals surface area contributed by atoms with Crippen molar-refractivity contribution < 1.29 is 18.0 Å². The highest BCUT2D eigenvalue weighted by Gasteiger charge is 2.17. The number of carbonyl (C=O) groups is 2. The van der Waals surface area contributed by atoms with Crippen LogP contribution in [-0.2, 0) is 16.6 Å². The molecule has 0 spiro atoms. The van der Waals surface area contributed by atoms with Crippen molar-refractivity contribution in [1.82, 2.24) is 4.72 Å². The summed E-state index contributed by atoms with van der Waals surface area (Å²) in [5.74, 6) is -0.633. The Hall–Kier alpha value is -3.59. The molecular formula is C25H20N2O4S2. The van der Waals surface area contributed by atoms with Crippen LogP contribution in [0, 0.1) is 0 Å². The van der Waals surface area contributed by atoms with E-state index in [9.17, 15) is 18.0 Å². The maximum absolute atomic E-state index is 12.8. The quantitative estimate of drug-likeness (QED) is 0.360. The molecule has 0 saturated heterocycles. The Morgan fingerprint density at radius 1 is 0.758 bits per heavy atom. The van der Waals surface area contributed by atoms with Gasteiger partial charge in [0.25, 0.3) is 5.91 Å². The summed E-state index contributed by atoms with van der Waals surface area (Å²) in [6.45, 7) is 0.179. The monoisotopic (exact) mass is 476 g/mol. The molecule has 33 heavy (non-hydrogen) atoms. The van der Waals surface area contributed by atoms with E-state index in [1.807, 2.05) is 23.6 Å². The van der Waals surface area contributed by atoms with Gasteiger partial charge in [-0.1, -0.05) is 54.6 Å². The Morgan fingerprint density at radius 2 is 1.48 bits per heavy atom. The van der Waals surface area contributed by atoms with E-state index in [2.05, 4.69) is 10.0 Å². The number of nitrogens with one attached hydrogen (secondary N) is 2. The Kier molecular flexibility index (Phi) is 6.79. The molecule has 0 fully saturated rings. The number of hydrogen-bond acceptors (Lipinski definition) is 5. The number of rotatable bonds is 8. The number of hydrogen-bond donors (Lipinski definition) is 2. The van der Waals surface area contributed by atoms with Crippen LogP contribution < -0.4 is 10.0 Å². The summed E-state index contributed by atoms with van der Waals surface area (Å²) in [6.07, 6.45) is 0. The number of amides is 1. The first kappa shape index (κ1) is 22.6. The summed E-state index contributed by atoms with van der Waals surface area (Å²) in [5, 5.41) is 4.61. The molecule has 0 aliphatic carbocycles. The molecule has 166 valence electrons. The molecule has 1 heterocycles. The number of sulfonamides is 1. The first-order valence-corrected chi connectivity index (χ1v) is 12.4. The van der Waals surface area contributed by atoms with Gasteiger partial charge < -0.3 is 5.32 Å². The minimum atomic E-state index is -3.78. The highest BCUT2D eigenvalue weighted by Crippen LogP contribution is 2.18. The highest BCUT2D eigenvalue weighted by atomic mass is 32.2. The van der Waals surface area contributed by atoms with E-state index >= 15 is 0 Å². The van der Waals surface area contributed by atoms with Gasteiger partial charge in [0.2, 0.25) is 10.0 Å². The van der Waals surface area contributed by atoms with Gasteiger partial charge in [0.05, 0.1) is 4.90 Å². The molecule has 0 aliphatic rings.